The van der Waals surface area contributed by atoms with Gasteiger partial charge in [0.15, 0.2) is 11.5 Å². The quantitative estimate of drug-likeness (QED) is 0.216. The molecule has 0 spiro atoms. The zero-order chi connectivity index (χ0) is 27.9. The van der Waals surface area contributed by atoms with Gasteiger partial charge in [-0.05, 0) is 62.2 Å². The van der Waals surface area contributed by atoms with E-state index < -0.39 is 11.8 Å². The van der Waals surface area contributed by atoms with Crippen molar-refractivity contribution in [1.29, 1.82) is 5.26 Å². The first-order chi connectivity index (χ1) is 18.9. The molecule has 0 saturated heterocycles. The molecule has 1 aromatic heterocycles. The van der Waals surface area contributed by atoms with Crippen molar-refractivity contribution in [3.8, 4) is 34.5 Å². The fourth-order valence-electron chi connectivity index (χ4n) is 4.37. The normalized spacial score (nSPS) is 14.6. The highest BCUT2D eigenvalue weighted by Crippen LogP contribution is 2.35. The summed E-state index contributed by atoms with van der Waals surface area (Å²) in [7, 11) is 3.12. The number of hydrogen-bond donors (Lipinski definition) is 0. The van der Waals surface area contributed by atoms with E-state index in [0.29, 0.717) is 48.0 Å². The van der Waals surface area contributed by atoms with Crippen molar-refractivity contribution in [2.75, 3.05) is 34.0 Å². The van der Waals surface area contributed by atoms with Gasteiger partial charge in [-0.2, -0.15) is 10.4 Å². The van der Waals surface area contributed by atoms with Crippen molar-refractivity contribution in [3.63, 3.8) is 0 Å². The molecule has 0 unspecified atom stereocenters. The van der Waals surface area contributed by atoms with Gasteiger partial charge in [0.05, 0.1) is 19.9 Å². The molecular formula is C30H30N4O5. The molecule has 0 aliphatic carbocycles. The number of aromatic nitrogens is 2. The van der Waals surface area contributed by atoms with Crippen LogP contribution in [0.4, 0.5) is 0 Å². The summed E-state index contributed by atoms with van der Waals surface area (Å²) in [6.07, 6.45) is 3.98. The predicted molar refractivity (Wildman–Crippen MR) is 146 cm³/mol. The summed E-state index contributed by atoms with van der Waals surface area (Å²) < 4.78 is 18.0. The Labute approximate surface area is 227 Å². The molecule has 0 radical (unpaired) electrons. The van der Waals surface area contributed by atoms with Crippen LogP contribution in [0.5, 0.6) is 11.5 Å². The molecule has 2 aromatic carbocycles. The van der Waals surface area contributed by atoms with Crippen molar-refractivity contribution in [3.05, 3.63) is 77.0 Å². The number of carbonyl (C=O) groups is 2. The summed E-state index contributed by atoms with van der Waals surface area (Å²) >= 11 is 0. The average molecular weight is 527 g/mol. The molecule has 2 amide bonds. The summed E-state index contributed by atoms with van der Waals surface area (Å²) in [6.45, 7) is 4.60. The molecule has 9 nitrogen and oxygen atoms in total. The average Bonchev–Trinajstić information content (AvgIpc) is 3.39. The first kappa shape index (κ1) is 27.4. The summed E-state index contributed by atoms with van der Waals surface area (Å²) in [5.74, 6) is 0.0581. The van der Waals surface area contributed by atoms with Gasteiger partial charge in [-0.1, -0.05) is 18.2 Å². The van der Waals surface area contributed by atoms with E-state index in [1.165, 1.54) is 0 Å². The molecule has 0 N–H and O–H groups in total. The molecule has 39 heavy (non-hydrogen) atoms. The van der Waals surface area contributed by atoms with E-state index in [1.807, 2.05) is 61.7 Å². The van der Waals surface area contributed by atoms with E-state index in [2.05, 4.69) is 0 Å². The van der Waals surface area contributed by atoms with Crippen LogP contribution in [0, 0.1) is 11.3 Å². The highest BCUT2D eigenvalue weighted by atomic mass is 16.5. The van der Waals surface area contributed by atoms with Crippen LogP contribution in [0.25, 0.3) is 23.0 Å². The van der Waals surface area contributed by atoms with Crippen LogP contribution in [-0.4, -0.2) is 60.5 Å². The lowest BCUT2D eigenvalue weighted by atomic mass is 9.93. The standard InChI is InChI=1S/C30H30N4O5/c1-5-39-15-9-14-33-29(35)24(20(2)25(18-31)30(33)36)16-22-19-34(23-10-7-6-8-11-23)32-28(22)21-12-13-26(37-3)27(17-21)38-4/h6-8,10-13,16-17,19H,5,9,14-15H2,1-4H3/b24-16+. The van der Waals surface area contributed by atoms with Gasteiger partial charge in [-0.15, -0.1) is 0 Å². The molecule has 2 heterocycles. The largest absolute Gasteiger partial charge is 0.493 e. The number of nitriles is 1. The number of ether oxygens (including phenoxy) is 3. The molecule has 3 aromatic rings. The van der Waals surface area contributed by atoms with E-state index in [4.69, 9.17) is 19.3 Å². The second kappa shape index (κ2) is 12.2. The van der Waals surface area contributed by atoms with E-state index in [1.54, 1.807) is 38.0 Å². The smallest absolute Gasteiger partial charge is 0.271 e. The lowest BCUT2D eigenvalue weighted by Gasteiger charge is -2.27. The summed E-state index contributed by atoms with van der Waals surface area (Å²) in [4.78, 5) is 27.7. The maximum Gasteiger partial charge on any atom is 0.271 e. The van der Waals surface area contributed by atoms with Gasteiger partial charge in [0.2, 0.25) is 0 Å². The van der Waals surface area contributed by atoms with Gasteiger partial charge in [-0.25, -0.2) is 4.68 Å². The van der Waals surface area contributed by atoms with E-state index in [0.717, 1.165) is 16.2 Å². The van der Waals surface area contributed by atoms with Gasteiger partial charge < -0.3 is 14.2 Å². The SMILES string of the molecule is CCOCCCN1C(=O)C(C#N)=C(C)/C(=C\c2cn(-c3ccccc3)nc2-c2ccc(OC)c(OC)c2)C1=O. The summed E-state index contributed by atoms with van der Waals surface area (Å²) in [6, 6.07) is 17.0. The van der Waals surface area contributed by atoms with Gasteiger partial charge in [0, 0.05) is 42.7 Å². The number of hydrogen-bond acceptors (Lipinski definition) is 7. The molecule has 0 atom stereocenters. The maximum atomic E-state index is 13.6. The highest BCUT2D eigenvalue weighted by molar-refractivity contribution is 6.19. The maximum absolute atomic E-state index is 13.6. The molecule has 4 rings (SSSR count). The van der Waals surface area contributed by atoms with E-state index in [9.17, 15) is 14.9 Å². The molecule has 0 fully saturated rings. The first-order valence-corrected chi connectivity index (χ1v) is 12.6. The number of nitrogens with zero attached hydrogens (tertiary/aromatic N) is 4. The van der Waals surface area contributed by atoms with Gasteiger partial charge in [-0.3, -0.25) is 14.5 Å². The third kappa shape index (κ3) is 5.61. The number of rotatable bonds is 10. The van der Waals surface area contributed by atoms with E-state index >= 15 is 0 Å². The fraction of sp³-hybridized carbons (Fsp3) is 0.267. The molecule has 9 heteroatoms. The Bertz CT molecular complexity index is 1480. The molecular weight excluding hydrogens is 496 g/mol. The Morgan fingerprint density at radius 1 is 1.03 bits per heavy atom. The number of carbonyl (C=O) groups excluding carboxylic acids is 2. The topological polar surface area (TPSA) is 107 Å². The zero-order valence-corrected chi connectivity index (χ0v) is 22.4. The van der Waals surface area contributed by atoms with Crippen molar-refractivity contribution >= 4 is 17.9 Å². The van der Waals surface area contributed by atoms with Crippen molar-refractivity contribution in [2.24, 2.45) is 0 Å². The van der Waals surface area contributed by atoms with Gasteiger partial charge in [0.25, 0.3) is 11.8 Å². The second-order valence-corrected chi connectivity index (χ2v) is 8.77. The van der Waals surface area contributed by atoms with Crippen molar-refractivity contribution in [2.45, 2.75) is 20.3 Å². The van der Waals surface area contributed by atoms with Crippen LogP contribution >= 0.6 is 0 Å². The first-order valence-electron chi connectivity index (χ1n) is 12.6. The Hall–Kier alpha value is -4.68. The summed E-state index contributed by atoms with van der Waals surface area (Å²) in [5, 5.41) is 14.6. The Kier molecular flexibility index (Phi) is 8.59. The molecule has 1 aliphatic heterocycles. The van der Waals surface area contributed by atoms with Crippen LogP contribution in [-0.2, 0) is 14.3 Å². The fourth-order valence-corrected chi connectivity index (χ4v) is 4.37. The van der Waals surface area contributed by atoms with E-state index in [-0.39, 0.29) is 17.7 Å². The number of benzene rings is 2. The van der Waals surface area contributed by atoms with Gasteiger partial charge >= 0.3 is 0 Å². The second-order valence-electron chi connectivity index (χ2n) is 8.77. The van der Waals surface area contributed by atoms with Crippen LogP contribution in [0.15, 0.2) is 71.4 Å². The van der Waals surface area contributed by atoms with Crippen LogP contribution < -0.4 is 9.47 Å². The predicted octanol–water partition coefficient (Wildman–Crippen LogP) is 4.58. The van der Waals surface area contributed by atoms with Crippen LogP contribution in [0.2, 0.25) is 0 Å². The minimum absolute atomic E-state index is 0.0552. The monoisotopic (exact) mass is 526 g/mol. The minimum Gasteiger partial charge on any atom is -0.493 e. The highest BCUT2D eigenvalue weighted by Gasteiger charge is 2.35. The molecule has 1 aliphatic rings. The number of imide groups is 1. The lowest BCUT2D eigenvalue weighted by Crippen LogP contribution is -2.43. The lowest BCUT2D eigenvalue weighted by molar-refractivity contribution is -0.140. The van der Waals surface area contributed by atoms with Gasteiger partial charge in [0.1, 0.15) is 17.3 Å². The van der Waals surface area contributed by atoms with Crippen LogP contribution in [0.1, 0.15) is 25.8 Å². The summed E-state index contributed by atoms with van der Waals surface area (Å²) in [5.41, 5.74) is 3.33. The molecule has 0 bridgehead atoms. The van der Waals surface area contributed by atoms with Crippen LogP contribution in [0.3, 0.4) is 0 Å². The molecule has 200 valence electrons. The Morgan fingerprint density at radius 2 is 1.77 bits per heavy atom. The zero-order valence-electron chi connectivity index (χ0n) is 22.4. The number of para-hydroxylation sites is 1. The molecule has 0 saturated carbocycles. The Morgan fingerprint density at radius 3 is 2.44 bits per heavy atom. The Balaban J connectivity index is 1.86. The minimum atomic E-state index is -0.589. The number of methoxy groups -OCH3 is 2. The third-order valence-electron chi connectivity index (χ3n) is 6.42. The van der Waals surface area contributed by atoms with Crippen molar-refractivity contribution < 1.29 is 23.8 Å². The van der Waals surface area contributed by atoms with Crippen molar-refractivity contribution in [1.82, 2.24) is 14.7 Å². The number of amides is 2. The third-order valence-corrected chi connectivity index (χ3v) is 6.42.